The largest absolute Gasteiger partial charge is 0.462 e. The van der Waals surface area contributed by atoms with Crippen LogP contribution in [0.15, 0.2) is 30.3 Å². The molecule has 3 aromatic rings. The van der Waals surface area contributed by atoms with Crippen LogP contribution >= 0.6 is 0 Å². The number of esters is 1. The Morgan fingerprint density at radius 3 is 2.80 bits per heavy atom. The molecule has 3 rings (SSSR count). The van der Waals surface area contributed by atoms with E-state index in [4.69, 9.17) is 4.74 Å². The van der Waals surface area contributed by atoms with Gasteiger partial charge in [-0.1, -0.05) is 12.1 Å². The molecule has 1 N–H and O–H groups in total. The zero-order chi connectivity index (χ0) is 14.3. The Morgan fingerprint density at radius 2 is 2.05 bits per heavy atom. The van der Waals surface area contributed by atoms with E-state index >= 15 is 0 Å². The minimum atomic E-state index is -0.510. The maximum absolute atomic E-state index is 14.4. The number of halogens is 1. The highest BCUT2D eigenvalue weighted by atomic mass is 19.1. The van der Waals surface area contributed by atoms with E-state index in [9.17, 15) is 9.18 Å². The summed E-state index contributed by atoms with van der Waals surface area (Å²) < 4.78 is 19.3. The Hall–Kier alpha value is -2.36. The van der Waals surface area contributed by atoms with Gasteiger partial charge in [0, 0.05) is 16.3 Å². The highest BCUT2D eigenvalue weighted by Gasteiger charge is 2.15. The molecule has 0 radical (unpaired) electrons. The van der Waals surface area contributed by atoms with E-state index in [-0.39, 0.29) is 12.2 Å². The topological polar surface area (TPSA) is 42.1 Å². The van der Waals surface area contributed by atoms with Crippen molar-refractivity contribution in [3.8, 4) is 0 Å². The van der Waals surface area contributed by atoms with E-state index in [1.807, 2.05) is 25.1 Å². The lowest BCUT2D eigenvalue weighted by atomic mass is 10.1. The number of carbonyl (C=O) groups excluding carboxylic acids is 1. The lowest BCUT2D eigenvalue weighted by molar-refractivity contribution is 0.0526. The van der Waals surface area contributed by atoms with E-state index in [0.29, 0.717) is 10.9 Å². The highest BCUT2D eigenvalue weighted by molar-refractivity contribution is 6.10. The van der Waals surface area contributed by atoms with Crippen LogP contribution < -0.4 is 0 Å². The summed E-state index contributed by atoms with van der Waals surface area (Å²) in [7, 11) is 0. The summed E-state index contributed by atoms with van der Waals surface area (Å²) >= 11 is 0. The summed E-state index contributed by atoms with van der Waals surface area (Å²) in [5, 5.41) is 1.38. The standard InChI is InChI=1S/C16H14FNO2/c1-3-20-16(19)10-7-11(17)15-13(8-10)18-12-6-4-5-9(2)14(12)15/h4-8,18H,3H2,1-2H3. The normalized spacial score (nSPS) is 11.2. The number of carbonyl (C=O) groups is 1. The van der Waals surface area contributed by atoms with Crippen molar-refractivity contribution in [1.82, 2.24) is 4.98 Å². The van der Waals surface area contributed by atoms with Crippen LogP contribution in [0.25, 0.3) is 21.8 Å². The van der Waals surface area contributed by atoms with Gasteiger partial charge in [-0.05, 0) is 37.6 Å². The van der Waals surface area contributed by atoms with Crippen molar-refractivity contribution in [2.24, 2.45) is 0 Å². The molecule has 1 aromatic heterocycles. The predicted octanol–water partition coefficient (Wildman–Crippen LogP) is 3.95. The van der Waals surface area contributed by atoms with Crippen LogP contribution in [0.5, 0.6) is 0 Å². The van der Waals surface area contributed by atoms with Gasteiger partial charge in [0.1, 0.15) is 5.82 Å². The Labute approximate surface area is 115 Å². The summed E-state index contributed by atoms with van der Waals surface area (Å²) in [4.78, 5) is 14.9. The Kier molecular flexibility index (Phi) is 2.93. The van der Waals surface area contributed by atoms with Crippen molar-refractivity contribution in [2.45, 2.75) is 13.8 Å². The van der Waals surface area contributed by atoms with Crippen LogP contribution in [-0.4, -0.2) is 17.6 Å². The van der Waals surface area contributed by atoms with Crippen LogP contribution in [0.2, 0.25) is 0 Å². The van der Waals surface area contributed by atoms with Crippen molar-refractivity contribution in [3.63, 3.8) is 0 Å². The number of rotatable bonds is 2. The van der Waals surface area contributed by atoms with Crippen molar-refractivity contribution in [1.29, 1.82) is 0 Å². The first-order valence-electron chi connectivity index (χ1n) is 6.49. The van der Waals surface area contributed by atoms with Gasteiger partial charge in [0.25, 0.3) is 0 Å². The molecule has 0 spiro atoms. The number of hydrogen-bond acceptors (Lipinski definition) is 2. The van der Waals surface area contributed by atoms with Crippen LogP contribution in [0.1, 0.15) is 22.8 Å². The lowest BCUT2D eigenvalue weighted by Crippen LogP contribution is -2.05. The molecule has 1 heterocycles. The van der Waals surface area contributed by atoms with Crippen molar-refractivity contribution >= 4 is 27.8 Å². The highest BCUT2D eigenvalue weighted by Crippen LogP contribution is 2.31. The quantitative estimate of drug-likeness (QED) is 0.717. The number of aromatic amines is 1. The first kappa shape index (κ1) is 12.7. The summed E-state index contributed by atoms with van der Waals surface area (Å²) in [6.07, 6.45) is 0. The molecule has 0 unspecified atom stereocenters. The Morgan fingerprint density at radius 1 is 1.25 bits per heavy atom. The van der Waals surface area contributed by atoms with E-state index in [2.05, 4.69) is 4.98 Å². The Balaban J connectivity index is 2.31. The van der Waals surface area contributed by atoms with Gasteiger partial charge >= 0.3 is 5.97 Å². The molecule has 2 aromatic carbocycles. The van der Waals surface area contributed by atoms with E-state index < -0.39 is 11.8 Å². The van der Waals surface area contributed by atoms with E-state index in [1.54, 1.807) is 13.0 Å². The smallest absolute Gasteiger partial charge is 0.338 e. The molecule has 20 heavy (non-hydrogen) atoms. The summed E-state index contributed by atoms with van der Waals surface area (Å²) in [6, 6.07) is 8.62. The molecule has 102 valence electrons. The van der Waals surface area contributed by atoms with E-state index in [0.717, 1.165) is 16.5 Å². The van der Waals surface area contributed by atoms with E-state index in [1.165, 1.54) is 6.07 Å². The number of benzene rings is 2. The number of aromatic nitrogens is 1. The maximum Gasteiger partial charge on any atom is 0.338 e. The summed E-state index contributed by atoms with van der Waals surface area (Å²) in [5.41, 5.74) is 2.69. The molecular weight excluding hydrogens is 257 g/mol. The van der Waals surface area contributed by atoms with Crippen LogP contribution in [0, 0.1) is 12.7 Å². The number of H-pyrrole nitrogens is 1. The zero-order valence-corrected chi connectivity index (χ0v) is 11.3. The zero-order valence-electron chi connectivity index (χ0n) is 11.3. The second-order valence-electron chi connectivity index (χ2n) is 4.72. The van der Waals surface area contributed by atoms with Crippen molar-refractivity contribution in [2.75, 3.05) is 6.61 Å². The fourth-order valence-corrected chi connectivity index (χ4v) is 2.54. The molecule has 3 nitrogen and oxygen atoms in total. The summed E-state index contributed by atoms with van der Waals surface area (Å²) in [5.74, 6) is -0.921. The first-order chi connectivity index (χ1) is 9.61. The van der Waals surface area contributed by atoms with Gasteiger partial charge in [-0.15, -0.1) is 0 Å². The van der Waals surface area contributed by atoms with Gasteiger partial charge < -0.3 is 9.72 Å². The Bertz CT molecular complexity index is 820. The van der Waals surface area contributed by atoms with Gasteiger partial charge in [0.15, 0.2) is 0 Å². The minimum Gasteiger partial charge on any atom is -0.462 e. The molecule has 0 aliphatic rings. The summed E-state index contributed by atoms with van der Waals surface area (Å²) in [6.45, 7) is 3.93. The minimum absolute atomic E-state index is 0.223. The first-order valence-corrected chi connectivity index (χ1v) is 6.49. The van der Waals surface area contributed by atoms with Crippen LogP contribution in [-0.2, 0) is 4.74 Å². The average molecular weight is 271 g/mol. The van der Waals surface area contributed by atoms with Gasteiger partial charge in [-0.2, -0.15) is 0 Å². The predicted molar refractivity (Wildman–Crippen MR) is 76.5 cm³/mol. The fraction of sp³-hybridized carbons (Fsp3) is 0.188. The van der Waals surface area contributed by atoms with Crippen molar-refractivity contribution in [3.05, 3.63) is 47.3 Å². The third-order valence-electron chi connectivity index (χ3n) is 3.39. The number of nitrogens with one attached hydrogen (secondary N) is 1. The number of fused-ring (bicyclic) bond motifs is 3. The van der Waals surface area contributed by atoms with Gasteiger partial charge in [0.2, 0.25) is 0 Å². The molecule has 0 saturated heterocycles. The average Bonchev–Trinajstić information content (AvgIpc) is 2.79. The molecular formula is C16H14FNO2. The van der Waals surface area contributed by atoms with Gasteiger partial charge in [-0.25, -0.2) is 9.18 Å². The lowest BCUT2D eigenvalue weighted by Gasteiger charge is -2.03. The second kappa shape index (κ2) is 4.63. The molecule has 0 fully saturated rings. The number of aryl methyl sites for hydroxylation is 1. The van der Waals surface area contributed by atoms with Crippen LogP contribution in [0.4, 0.5) is 4.39 Å². The van der Waals surface area contributed by atoms with Gasteiger partial charge in [0.05, 0.1) is 17.7 Å². The maximum atomic E-state index is 14.4. The third kappa shape index (κ3) is 1.84. The molecule has 0 bridgehead atoms. The molecule has 0 amide bonds. The molecule has 0 saturated carbocycles. The fourth-order valence-electron chi connectivity index (χ4n) is 2.54. The molecule has 0 aliphatic carbocycles. The second-order valence-corrected chi connectivity index (χ2v) is 4.72. The SMILES string of the molecule is CCOC(=O)c1cc(F)c2c(c1)[nH]c1cccc(C)c12. The molecule has 0 atom stereocenters. The molecule has 0 aliphatic heterocycles. The third-order valence-corrected chi connectivity index (χ3v) is 3.39. The number of hydrogen-bond donors (Lipinski definition) is 1. The number of ether oxygens (including phenoxy) is 1. The van der Waals surface area contributed by atoms with Gasteiger partial charge in [-0.3, -0.25) is 0 Å². The molecule has 4 heteroatoms. The monoisotopic (exact) mass is 271 g/mol. The van der Waals surface area contributed by atoms with Crippen molar-refractivity contribution < 1.29 is 13.9 Å². The van der Waals surface area contributed by atoms with Crippen LogP contribution in [0.3, 0.4) is 0 Å².